The van der Waals surface area contributed by atoms with Crippen molar-refractivity contribution in [3.8, 4) is 0 Å². The second-order valence-electron chi connectivity index (χ2n) is 3.86. The Kier molecular flexibility index (Phi) is 1.85. The van der Waals surface area contributed by atoms with Crippen LogP contribution in [0.25, 0.3) is 4.96 Å². The van der Waals surface area contributed by atoms with E-state index in [1.165, 1.54) is 18.5 Å². The molecule has 2 aromatic rings. The summed E-state index contributed by atoms with van der Waals surface area (Å²) < 4.78 is 2.24. The lowest BCUT2D eigenvalue weighted by Gasteiger charge is -1.93. The highest BCUT2D eigenvalue weighted by atomic mass is 32.1. The van der Waals surface area contributed by atoms with Crippen molar-refractivity contribution in [2.45, 2.75) is 25.2 Å². The molecule has 0 spiro atoms. The van der Waals surface area contributed by atoms with E-state index in [0.717, 1.165) is 23.0 Å². The van der Waals surface area contributed by atoms with Crippen LogP contribution >= 0.6 is 11.3 Å². The Labute approximate surface area is 86.6 Å². The van der Waals surface area contributed by atoms with Gasteiger partial charge in [-0.05, 0) is 19.4 Å². The van der Waals surface area contributed by atoms with E-state index in [-0.39, 0.29) is 0 Å². The maximum Gasteiger partial charge on any atom is 0.194 e. The zero-order valence-corrected chi connectivity index (χ0v) is 8.76. The van der Waals surface area contributed by atoms with Crippen molar-refractivity contribution in [2.75, 3.05) is 6.54 Å². The first kappa shape index (κ1) is 8.44. The van der Waals surface area contributed by atoms with Gasteiger partial charge in [-0.25, -0.2) is 4.98 Å². The molecule has 0 amide bonds. The monoisotopic (exact) mass is 207 g/mol. The zero-order valence-electron chi connectivity index (χ0n) is 7.94. The maximum absolute atomic E-state index is 5.52. The van der Waals surface area contributed by atoms with Crippen LogP contribution in [0.4, 0.5) is 0 Å². The van der Waals surface area contributed by atoms with Gasteiger partial charge in [-0.3, -0.25) is 4.40 Å². The molecule has 1 saturated carbocycles. The number of nitrogens with two attached hydrogens (primary N) is 1. The van der Waals surface area contributed by atoms with E-state index in [2.05, 4.69) is 21.0 Å². The molecule has 0 unspecified atom stereocenters. The van der Waals surface area contributed by atoms with Crippen LogP contribution in [0, 0.1) is 0 Å². The lowest BCUT2D eigenvalue weighted by Crippen LogP contribution is -2.02. The number of hydrogen-bond acceptors (Lipinski definition) is 3. The maximum atomic E-state index is 5.52. The summed E-state index contributed by atoms with van der Waals surface area (Å²) in [5, 5.41) is 2.24. The molecule has 2 N–H and O–H groups in total. The molecular formula is C10H13N3S. The van der Waals surface area contributed by atoms with E-state index in [1.54, 1.807) is 11.3 Å². The molecule has 0 radical (unpaired) electrons. The van der Waals surface area contributed by atoms with Gasteiger partial charge in [-0.15, -0.1) is 11.3 Å². The van der Waals surface area contributed by atoms with Crippen molar-refractivity contribution in [3.05, 3.63) is 23.0 Å². The Bertz CT molecular complexity index is 453. The molecule has 2 heterocycles. The Balaban J connectivity index is 2.05. The van der Waals surface area contributed by atoms with E-state index < -0.39 is 0 Å². The Morgan fingerprint density at radius 3 is 3.14 bits per heavy atom. The number of aromatic nitrogens is 2. The summed E-state index contributed by atoms with van der Waals surface area (Å²) in [5.41, 5.74) is 8.09. The molecule has 74 valence electrons. The van der Waals surface area contributed by atoms with Gasteiger partial charge in [-0.1, -0.05) is 0 Å². The molecule has 1 aliphatic carbocycles. The van der Waals surface area contributed by atoms with Crippen molar-refractivity contribution < 1.29 is 0 Å². The van der Waals surface area contributed by atoms with Crippen LogP contribution in [0.1, 0.15) is 30.1 Å². The van der Waals surface area contributed by atoms with Crippen molar-refractivity contribution in [2.24, 2.45) is 5.73 Å². The molecule has 4 heteroatoms. The summed E-state index contributed by atoms with van der Waals surface area (Å²) in [5.74, 6) is 0.795. The fourth-order valence-electron chi connectivity index (χ4n) is 1.79. The van der Waals surface area contributed by atoms with E-state index in [9.17, 15) is 0 Å². The van der Waals surface area contributed by atoms with Crippen molar-refractivity contribution in [1.29, 1.82) is 0 Å². The summed E-state index contributed by atoms with van der Waals surface area (Å²) in [4.78, 5) is 5.66. The van der Waals surface area contributed by atoms with E-state index in [1.807, 2.05) is 0 Å². The highest BCUT2D eigenvalue weighted by Crippen LogP contribution is 2.41. The minimum absolute atomic E-state index is 0.684. The third kappa shape index (κ3) is 1.26. The van der Waals surface area contributed by atoms with Crippen molar-refractivity contribution in [3.63, 3.8) is 0 Å². The molecule has 14 heavy (non-hydrogen) atoms. The predicted octanol–water partition coefficient (Wildman–Crippen LogP) is 1.77. The zero-order chi connectivity index (χ0) is 9.54. The van der Waals surface area contributed by atoms with Gasteiger partial charge in [0.05, 0.1) is 5.69 Å². The first-order valence-corrected chi connectivity index (χ1v) is 5.92. The average Bonchev–Trinajstić information content (AvgIpc) is 2.80. The SMILES string of the molecule is NCCc1cn2c(C3CC3)csc2n1. The molecule has 2 aromatic heterocycles. The number of fused-ring (bicyclic) bond motifs is 1. The highest BCUT2D eigenvalue weighted by Gasteiger charge is 2.27. The lowest BCUT2D eigenvalue weighted by molar-refractivity contribution is 0.931. The summed E-state index contributed by atoms with van der Waals surface area (Å²) in [6.45, 7) is 0.684. The Hall–Kier alpha value is -0.870. The summed E-state index contributed by atoms with van der Waals surface area (Å²) in [7, 11) is 0. The van der Waals surface area contributed by atoms with Gasteiger partial charge in [0.15, 0.2) is 4.96 Å². The molecule has 0 atom stereocenters. The topological polar surface area (TPSA) is 43.3 Å². The van der Waals surface area contributed by atoms with Gasteiger partial charge in [0.2, 0.25) is 0 Å². The number of imidazole rings is 1. The van der Waals surface area contributed by atoms with E-state index in [4.69, 9.17) is 5.73 Å². The summed E-state index contributed by atoms with van der Waals surface area (Å²) in [6, 6.07) is 0. The molecule has 0 aromatic carbocycles. The van der Waals surface area contributed by atoms with E-state index >= 15 is 0 Å². The number of hydrogen-bond donors (Lipinski definition) is 1. The second-order valence-corrected chi connectivity index (χ2v) is 4.69. The quantitative estimate of drug-likeness (QED) is 0.833. The third-order valence-electron chi connectivity index (χ3n) is 2.68. The Morgan fingerprint density at radius 2 is 2.43 bits per heavy atom. The second kappa shape index (κ2) is 3.07. The molecule has 1 fully saturated rings. The minimum atomic E-state index is 0.684. The normalized spacial score (nSPS) is 16.6. The van der Waals surface area contributed by atoms with E-state index in [0.29, 0.717) is 6.54 Å². The molecule has 1 aliphatic rings. The summed E-state index contributed by atoms with van der Waals surface area (Å²) in [6.07, 6.45) is 5.72. The third-order valence-corrected chi connectivity index (χ3v) is 3.54. The fraction of sp³-hybridized carbons (Fsp3) is 0.500. The van der Waals surface area contributed by atoms with Crippen LogP contribution in [-0.2, 0) is 6.42 Å². The van der Waals surface area contributed by atoms with Crippen LogP contribution in [-0.4, -0.2) is 15.9 Å². The van der Waals surface area contributed by atoms with Crippen molar-refractivity contribution in [1.82, 2.24) is 9.38 Å². The molecule has 3 nitrogen and oxygen atoms in total. The van der Waals surface area contributed by atoms with Gasteiger partial charge in [-0.2, -0.15) is 0 Å². The van der Waals surface area contributed by atoms with Crippen LogP contribution in [0.3, 0.4) is 0 Å². The lowest BCUT2D eigenvalue weighted by atomic mass is 10.3. The smallest absolute Gasteiger partial charge is 0.194 e. The van der Waals surface area contributed by atoms with Gasteiger partial charge >= 0.3 is 0 Å². The van der Waals surface area contributed by atoms with Gasteiger partial charge in [0, 0.05) is 29.6 Å². The number of nitrogens with zero attached hydrogens (tertiary/aromatic N) is 2. The standard InChI is InChI=1S/C10H13N3S/c11-4-3-8-5-13-9(7-1-2-7)6-14-10(13)12-8/h5-7H,1-4,11H2. The van der Waals surface area contributed by atoms with Gasteiger partial charge in [0.25, 0.3) is 0 Å². The molecule has 0 bridgehead atoms. The predicted molar refractivity (Wildman–Crippen MR) is 57.8 cm³/mol. The van der Waals surface area contributed by atoms with Crippen LogP contribution < -0.4 is 5.73 Å². The number of rotatable bonds is 3. The van der Waals surface area contributed by atoms with Crippen LogP contribution in [0.5, 0.6) is 0 Å². The number of thiazole rings is 1. The largest absolute Gasteiger partial charge is 0.330 e. The molecule has 3 rings (SSSR count). The van der Waals surface area contributed by atoms with Crippen LogP contribution in [0.15, 0.2) is 11.6 Å². The molecule has 0 saturated heterocycles. The van der Waals surface area contributed by atoms with Crippen LogP contribution in [0.2, 0.25) is 0 Å². The highest BCUT2D eigenvalue weighted by molar-refractivity contribution is 7.15. The first-order valence-electron chi connectivity index (χ1n) is 5.04. The van der Waals surface area contributed by atoms with Gasteiger partial charge < -0.3 is 5.73 Å². The molecule has 0 aliphatic heterocycles. The molecular weight excluding hydrogens is 194 g/mol. The Morgan fingerprint density at radius 1 is 1.57 bits per heavy atom. The first-order chi connectivity index (χ1) is 6.88. The fourth-order valence-corrected chi connectivity index (χ4v) is 2.76. The van der Waals surface area contributed by atoms with Gasteiger partial charge in [0.1, 0.15) is 0 Å². The summed E-state index contributed by atoms with van der Waals surface area (Å²) >= 11 is 1.74. The average molecular weight is 207 g/mol. The van der Waals surface area contributed by atoms with Crippen molar-refractivity contribution >= 4 is 16.3 Å². The minimum Gasteiger partial charge on any atom is -0.330 e.